The van der Waals surface area contributed by atoms with Crippen LogP contribution in [0.4, 0.5) is 15.9 Å². The zero-order chi connectivity index (χ0) is 19.0. The van der Waals surface area contributed by atoms with Gasteiger partial charge in [0.25, 0.3) is 5.91 Å². The molecule has 0 saturated carbocycles. The van der Waals surface area contributed by atoms with Crippen molar-refractivity contribution in [3.63, 3.8) is 0 Å². The Morgan fingerprint density at radius 1 is 1.44 bits per heavy atom. The maximum Gasteiger partial charge on any atom is 0.261 e. The highest BCUT2D eigenvalue weighted by Gasteiger charge is 2.24. The van der Waals surface area contributed by atoms with Gasteiger partial charge >= 0.3 is 0 Å². The number of anilines is 2. The SMILES string of the molecule is CN1CCC(Oc2ncncc2NC(=O)c2cnn3cc(F)c(N)nc23)C1. The fourth-order valence-corrected chi connectivity index (χ4v) is 2.90. The van der Waals surface area contributed by atoms with Crippen molar-refractivity contribution in [3.8, 4) is 5.88 Å². The molecule has 4 heterocycles. The third-order valence-corrected chi connectivity index (χ3v) is 4.27. The molecule has 27 heavy (non-hydrogen) atoms. The quantitative estimate of drug-likeness (QED) is 0.681. The van der Waals surface area contributed by atoms with E-state index in [-0.39, 0.29) is 29.0 Å². The first kappa shape index (κ1) is 17.1. The molecule has 0 radical (unpaired) electrons. The van der Waals surface area contributed by atoms with E-state index in [1.807, 2.05) is 7.05 Å². The van der Waals surface area contributed by atoms with Gasteiger partial charge in [0.1, 0.15) is 23.7 Å². The normalized spacial score (nSPS) is 17.3. The van der Waals surface area contributed by atoms with Gasteiger partial charge in [-0.15, -0.1) is 0 Å². The Labute approximate surface area is 153 Å². The average Bonchev–Trinajstić information content (AvgIpc) is 3.23. The fraction of sp³-hybridized carbons (Fsp3) is 0.312. The molecule has 3 N–H and O–H groups in total. The maximum atomic E-state index is 13.5. The first-order chi connectivity index (χ1) is 13.0. The smallest absolute Gasteiger partial charge is 0.261 e. The number of carbonyl (C=O) groups is 1. The molecule has 3 aromatic rings. The molecule has 1 amide bonds. The average molecular weight is 372 g/mol. The van der Waals surface area contributed by atoms with Crippen molar-refractivity contribution in [1.82, 2.24) is 29.5 Å². The topological polar surface area (TPSA) is 124 Å². The number of halogens is 1. The molecule has 140 valence electrons. The van der Waals surface area contributed by atoms with Crippen LogP contribution in [0.1, 0.15) is 16.8 Å². The van der Waals surface area contributed by atoms with Gasteiger partial charge in [-0.05, 0) is 13.5 Å². The fourth-order valence-electron chi connectivity index (χ4n) is 2.90. The van der Waals surface area contributed by atoms with Gasteiger partial charge in [0, 0.05) is 13.1 Å². The van der Waals surface area contributed by atoms with E-state index in [1.165, 1.54) is 18.7 Å². The summed E-state index contributed by atoms with van der Waals surface area (Å²) in [5, 5.41) is 6.62. The number of ether oxygens (including phenoxy) is 1. The monoisotopic (exact) mass is 372 g/mol. The number of nitrogens with zero attached hydrogens (tertiary/aromatic N) is 6. The molecule has 0 spiro atoms. The second kappa shape index (κ2) is 6.76. The number of aromatic nitrogens is 5. The van der Waals surface area contributed by atoms with Crippen molar-refractivity contribution in [2.45, 2.75) is 12.5 Å². The van der Waals surface area contributed by atoms with Crippen LogP contribution in [0.25, 0.3) is 5.65 Å². The molecule has 1 unspecified atom stereocenters. The lowest BCUT2D eigenvalue weighted by Gasteiger charge is -2.15. The zero-order valence-electron chi connectivity index (χ0n) is 14.5. The van der Waals surface area contributed by atoms with E-state index >= 15 is 0 Å². The van der Waals surface area contributed by atoms with Crippen molar-refractivity contribution in [2.75, 3.05) is 31.2 Å². The number of likely N-dealkylation sites (N-methyl/N-ethyl adjacent to an activating group) is 1. The van der Waals surface area contributed by atoms with Crippen LogP contribution in [0.3, 0.4) is 0 Å². The molecule has 11 heteroatoms. The van der Waals surface area contributed by atoms with Crippen molar-refractivity contribution in [1.29, 1.82) is 0 Å². The molecule has 4 rings (SSSR count). The molecule has 10 nitrogen and oxygen atoms in total. The Morgan fingerprint density at radius 3 is 3.07 bits per heavy atom. The molecule has 1 fully saturated rings. The van der Waals surface area contributed by atoms with E-state index < -0.39 is 11.7 Å². The Balaban J connectivity index is 1.58. The molecular weight excluding hydrogens is 355 g/mol. The summed E-state index contributed by atoms with van der Waals surface area (Å²) >= 11 is 0. The molecule has 0 aliphatic carbocycles. The summed E-state index contributed by atoms with van der Waals surface area (Å²) in [5.41, 5.74) is 6.09. The second-order valence-corrected chi connectivity index (χ2v) is 6.29. The van der Waals surface area contributed by atoms with Gasteiger partial charge in [-0.3, -0.25) is 4.79 Å². The van der Waals surface area contributed by atoms with Gasteiger partial charge in [-0.25, -0.2) is 18.9 Å². The Hall–Kier alpha value is -3.34. The van der Waals surface area contributed by atoms with Crippen LogP contribution >= 0.6 is 0 Å². The lowest BCUT2D eigenvalue weighted by atomic mass is 10.3. The lowest BCUT2D eigenvalue weighted by molar-refractivity contribution is 0.102. The van der Waals surface area contributed by atoms with E-state index in [0.717, 1.165) is 30.2 Å². The van der Waals surface area contributed by atoms with Crippen LogP contribution in [-0.2, 0) is 0 Å². The summed E-state index contributed by atoms with van der Waals surface area (Å²) in [7, 11) is 2.01. The van der Waals surface area contributed by atoms with Gasteiger partial charge in [-0.2, -0.15) is 10.1 Å². The molecular formula is C16H17FN8O2. The Morgan fingerprint density at radius 2 is 2.30 bits per heavy atom. The number of likely N-dealkylation sites (tertiary alicyclic amines) is 1. The van der Waals surface area contributed by atoms with E-state index in [2.05, 4.69) is 30.3 Å². The largest absolute Gasteiger partial charge is 0.471 e. The molecule has 0 aromatic carbocycles. The standard InChI is InChI=1S/C16H17FN8O2/c1-24-3-2-9(6-24)27-16-12(5-19-8-20-16)22-15(26)10-4-21-25-7-11(17)13(18)23-14(10)25/h4-5,7-9H,2-3,6H2,1H3,(H2,18,23)(H,22,26). The predicted octanol–water partition coefficient (Wildman–Crippen LogP) is 0.576. The molecule has 1 saturated heterocycles. The third kappa shape index (κ3) is 3.36. The number of carbonyl (C=O) groups excluding carboxylic acids is 1. The zero-order valence-corrected chi connectivity index (χ0v) is 14.5. The molecule has 1 aliphatic rings. The van der Waals surface area contributed by atoms with Gasteiger partial charge in [0.2, 0.25) is 5.88 Å². The van der Waals surface area contributed by atoms with Crippen molar-refractivity contribution >= 4 is 23.1 Å². The minimum absolute atomic E-state index is 0.0121. The van der Waals surface area contributed by atoms with Gasteiger partial charge in [-0.1, -0.05) is 0 Å². The molecule has 1 aliphatic heterocycles. The van der Waals surface area contributed by atoms with E-state index in [4.69, 9.17) is 10.5 Å². The second-order valence-electron chi connectivity index (χ2n) is 6.29. The van der Waals surface area contributed by atoms with Crippen LogP contribution in [-0.4, -0.2) is 61.6 Å². The van der Waals surface area contributed by atoms with Crippen LogP contribution in [0.5, 0.6) is 5.88 Å². The first-order valence-corrected chi connectivity index (χ1v) is 8.27. The highest BCUT2D eigenvalue weighted by atomic mass is 19.1. The highest BCUT2D eigenvalue weighted by Crippen LogP contribution is 2.24. The number of amides is 1. The lowest BCUT2D eigenvalue weighted by Crippen LogP contribution is -2.23. The number of hydrogen-bond acceptors (Lipinski definition) is 8. The minimum Gasteiger partial charge on any atom is -0.471 e. The molecule has 3 aromatic heterocycles. The Bertz CT molecular complexity index is 1010. The van der Waals surface area contributed by atoms with Crippen LogP contribution in [0, 0.1) is 5.82 Å². The van der Waals surface area contributed by atoms with E-state index in [0.29, 0.717) is 5.69 Å². The number of fused-ring (bicyclic) bond motifs is 1. The van der Waals surface area contributed by atoms with Crippen molar-refractivity contribution in [2.24, 2.45) is 0 Å². The van der Waals surface area contributed by atoms with Crippen LogP contribution in [0.2, 0.25) is 0 Å². The molecule has 1 atom stereocenters. The highest BCUT2D eigenvalue weighted by molar-refractivity contribution is 6.08. The van der Waals surface area contributed by atoms with E-state index in [9.17, 15) is 9.18 Å². The first-order valence-electron chi connectivity index (χ1n) is 8.27. The summed E-state index contributed by atoms with van der Waals surface area (Å²) in [4.78, 5) is 26.8. The summed E-state index contributed by atoms with van der Waals surface area (Å²) < 4.78 is 20.5. The van der Waals surface area contributed by atoms with E-state index in [1.54, 1.807) is 0 Å². The molecule has 0 bridgehead atoms. The number of nitrogens with one attached hydrogen (secondary N) is 1. The number of rotatable bonds is 4. The third-order valence-electron chi connectivity index (χ3n) is 4.27. The number of nitrogens with two attached hydrogens (primary N) is 1. The Kier molecular flexibility index (Phi) is 4.28. The van der Waals surface area contributed by atoms with Crippen LogP contribution < -0.4 is 15.8 Å². The predicted molar refractivity (Wildman–Crippen MR) is 93.9 cm³/mol. The van der Waals surface area contributed by atoms with Gasteiger partial charge in [0.05, 0.1) is 18.6 Å². The summed E-state index contributed by atoms with van der Waals surface area (Å²) in [6.45, 7) is 1.71. The summed E-state index contributed by atoms with van der Waals surface area (Å²) in [6, 6.07) is 0. The van der Waals surface area contributed by atoms with Crippen molar-refractivity contribution < 1.29 is 13.9 Å². The van der Waals surface area contributed by atoms with Gasteiger partial charge < -0.3 is 20.7 Å². The van der Waals surface area contributed by atoms with Crippen LogP contribution in [0.15, 0.2) is 24.9 Å². The number of hydrogen-bond donors (Lipinski definition) is 2. The van der Waals surface area contributed by atoms with Crippen molar-refractivity contribution in [3.05, 3.63) is 36.3 Å². The maximum absolute atomic E-state index is 13.5. The summed E-state index contributed by atoms with van der Waals surface area (Å²) in [6.07, 6.45) is 6.01. The number of nitrogen functional groups attached to an aromatic ring is 1. The van der Waals surface area contributed by atoms with Gasteiger partial charge in [0.15, 0.2) is 17.3 Å². The minimum atomic E-state index is -0.716. The summed E-state index contributed by atoms with van der Waals surface area (Å²) in [5.74, 6) is -1.25.